The van der Waals surface area contributed by atoms with Gasteiger partial charge < -0.3 is 18.9 Å². The monoisotopic (exact) mass is 552 g/mol. The summed E-state index contributed by atoms with van der Waals surface area (Å²) in [6, 6.07) is 0. The lowest BCUT2D eigenvalue weighted by atomic mass is 10.6. The first-order valence-electron chi connectivity index (χ1n) is 9.55. The van der Waals surface area contributed by atoms with Gasteiger partial charge in [0.05, 0.1) is 0 Å². The van der Waals surface area contributed by atoms with E-state index in [1.807, 2.05) is 0 Å². The van der Waals surface area contributed by atoms with Crippen molar-refractivity contribution in [3.8, 4) is 0 Å². The van der Waals surface area contributed by atoms with Gasteiger partial charge in [0, 0.05) is 47.3 Å². The molecule has 184 valence electrons. The third-order valence-corrected chi connectivity index (χ3v) is 25.4. The first-order chi connectivity index (χ1) is 15.8. The Bertz CT molecular complexity index is 584. The number of carbonyl (C=O) groups excluding carboxylic acids is 4. The lowest BCUT2D eigenvalue weighted by molar-refractivity contribution is -0.138. The summed E-state index contributed by atoms with van der Waals surface area (Å²) >= 11 is 6.60. The fourth-order valence-electron chi connectivity index (χ4n) is 1.72. The van der Waals surface area contributed by atoms with Crippen molar-refractivity contribution in [1.82, 2.24) is 0 Å². The number of carbonyl (C=O) groups is 4. The first-order valence-corrected chi connectivity index (χ1v) is 18.4. The van der Waals surface area contributed by atoms with E-state index >= 15 is 0 Å². The highest BCUT2D eigenvalue weighted by atomic mass is 32.9. The van der Waals surface area contributed by atoms with E-state index in [1.54, 1.807) is 44.8 Å². The molecule has 8 nitrogen and oxygen atoms in total. The lowest BCUT2D eigenvalue weighted by Gasteiger charge is -2.28. The molecule has 0 amide bonds. The standard InChI is InChI=1S/C20H28O8S4Si/c1-5-17(21)25-9-13-29-33(30-14-10-26-18(22)6-2,31-15-11-27-19(23)7-3)32-16-12-28-20(24)8-4/h5-8H,1-4,9-16H2. The van der Waals surface area contributed by atoms with E-state index in [-0.39, 0.29) is 26.4 Å². The molecule has 0 aliphatic heterocycles. The average Bonchev–Trinajstić information content (AvgIpc) is 2.83. The largest absolute Gasteiger partial charge is 0.462 e. The number of esters is 4. The quantitative estimate of drug-likeness (QED) is 0.0727. The molecule has 0 unspecified atom stereocenters. The Balaban J connectivity index is 5.15. The summed E-state index contributed by atoms with van der Waals surface area (Å²) < 4.78 is 18.0. The first kappa shape index (κ1) is 31.5. The second-order valence-corrected chi connectivity index (χ2v) is 24.6. The van der Waals surface area contributed by atoms with E-state index in [9.17, 15) is 19.2 Å². The molecule has 0 saturated carbocycles. The van der Waals surface area contributed by atoms with Crippen LogP contribution in [-0.2, 0) is 38.1 Å². The minimum atomic E-state index is -2.33. The van der Waals surface area contributed by atoms with Crippen LogP contribution in [0, 0.1) is 0 Å². The van der Waals surface area contributed by atoms with Gasteiger partial charge in [0.1, 0.15) is 26.4 Å². The van der Waals surface area contributed by atoms with E-state index in [2.05, 4.69) is 26.3 Å². The Morgan fingerprint density at radius 3 is 0.909 bits per heavy atom. The molecule has 0 rings (SSSR count). The third kappa shape index (κ3) is 16.7. The van der Waals surface area contributed by atoms with Gasteiger partial charge in [-0.25, -0.2) is 19.2 Å². The van der Waals surface area contributed by atoms with Gasteiger partial charge in [0.2, 0.25) is 0 Å². The van der Waals surface area contributed by atoms with Crippen LogP contribution in [0.5, 0.6) is 0 Å². The van der Waals surface area contributed by atoms with Crippen molar-refractivity contribution in [3.05, 3.63) is 50.6 Å². The molecule has 0 N–H and O–H groups in total. The molecule has 0 aliphatic rings. The van der Waals surface area contributed by atoms with Crippen molar-refractivity contribution >= 4 is 73.4 Å². The Morgan fingerprint density at radius 1 is 0.515 bits per heavy atom. The lowest BCUT2D eigenvalue weighted by Crippen LogP contribution is -2.25. The van der Waals surface area contributed by atoms with E-state index in [0.717, 1.165) is 24.3 Å². The maximum atomic E-state index is 11.3. The van der Waals surface area contributed by atoms with Crippen molar-refractivity contribution in [1.29, 1.82) is 0 Å². The van der Waals surface area contributed by atoms with Gasteiger partial charge in [-0.2, -0.15) is 0 Å². The second kappa shape index (κ2) is 19.9. The van der Waals surface area contributed by atoms with Gasteiger partial charge in [-0.3, -0.25) is 0 Å². The molecule has 0 fully saturated rings. The molecule has 0 aromatic rings. The molecule has 0 aromatic heterocycles. The molecular weight excluding hydrogens is 525 g/mol. The second-order valence-electron chi connectivity index (χ2n) is 5.38. The molecule has 0 aliphatic carbocycles. The molecule has 13 heteroatoms. The Kier molecular flexibility index (Phi) is 19.0. The zero-order valence-corrected chi connectivity index (χ0v) is 22.5. The summed E-state index contributed by atoms with van der Waals surface area (Å²) in [5.41, 5.74) is 0. The topological polar surface area (TPSA) is 105 Å². The molecule has 0 spiro atoms. The number of ether oxygens (including phenoxy) is 4. The van der Waals surface area contributed by atoms with Crippen LogP contribution >= 0.6 is 44.8 Å². The molecule has 0 heterocycles. The SMILES string of the molecule is C=CC(=O)OCCS[Si](SCCOC(=O)C=C)(SCCOC(=O)C=C)SCCOC(=O)C=C. The van der Waals surface area contributed by atoms with E-state index in [0.29, 0.717) is 23.0 Å². The third-order valence-electron chi connectivity index (χ3n) is 3.09. The average molecular weight is 553 g/mol. The maximum absolute atomic E-state index is 11.3. The molecule has 0 atom stereocenters. The summed E-state index contributed by atoms with van der Waals surface area (Å²) in [5, 5.41) is 0. The molecule has 33 heavy (non-hydrogen) atoms. The number of hydrogen-bond acceptors (Lipinski definition) is 12. The van der Waals surface area contributed by atoms with Crippen LogP contribution in [0.1, 0.15) is 0 Å². The van der Waals surface area contributed by atoms with Crippen LogP contribution in [0.25, 0.3) is 0 Å². The van der Waals surface area contributed by atoms with Gasteiger partial charge in [0.15, 0.2) is 0 Å². The van der Waals surface area contributed by atoms with Gasteiger partial charge in [-0.1, -0.05) is 26.3 Å². The van der Waals surface area contributed by atoms with Gasteiger partial charge in [-0.05, 0) is 0 Å². The number of rotatable bonds is 20. The van der Waals surface area contributed by atoms with Crippen molar-refractivity contribution in [2.45, 2.75) is 0 Å². The van der Waals surface area contributed by atoms with E-state index < -0.39 is 28.5 Å². The fraction of sp³-hybridized carbons (Fsp3) is 0.400. The maximum Gasteiger partial charge on any atom is 0.330 e. The predicted octanol–water partition coefficient (Wildman–Crippen LogP) is 3.27. The molecule has 0 bridgehead atoms. The van der Waals surface area contributed by atoms with Gasteiger partial charge in [-0.15, -0.1) is 44.8 Å². The smallest absolute Gasteiger partial charge is 0.330 e. The summed E-state index contributed by atoms with van der Waals surface area (Å²) in [6.07, 6.45) is 4.40. The normalized spacial score (nSPS) is 10.4. The van der Waals surface area contributed by atoms with Crippen molar-refractivity contribution in [2.75, 3.05) is 49.4 Å². The Hall–Kier alpha value is -1.54. The van der Waals surface area contributed by atoms with E-state index in [4.69, 9.17) is 18.9 Å². The highest BCUT2D eigenvalue weighted by Crippen LogP contribution is 2.50. The zero-order chi connectivity index (χ0) is 25.0. The van der Waals surface area contributed by atoms with E-state index in [1.165, 1.54) is 0 Å². The Morgan fingerprint density at radius 2 is 0.727 bits per heavy atom. The summed E-state index contributed by atoms with van der Waals surface area (Å²) in [4.78, 5) is 45.3. The van der Waals surface area contributed by atoms with Crippen LogP contribution in [-0.4, -0.2) is 78.0 Å². The molecule has 0 saturated heterocycles. The molecular formula is C20H28O8S4Si. The minimum Gasteiger partial charge on any atom is -0.462 e. The highest BCUT2D eigenvalue weighted by Gasteiger charge is 2.37. The van der Waals surface area contributed by atoms with Crippen LogP contribution < -0.4 is 0 Å². The zero-order valence-electron chi connectivity index (χ0n) is 18.2. The number of hydrogen-bond donors (Lipinski definition) is 0. The van der Waals surface area contributed by atoms with Crippen molar-refractivity contribution in [2.24, 2.45) is 0 Å². The van der Waals surface area contributed by atoms with Crippen LogP contribution in [0.2, 0.25) is 0 Å². The van der Waals surface area contributed by atoms with Crippen molar-refractivity contribution in [3.63, 3.8) is 0 Å². The summed E-state index contributed by atoms with van der Waals surface area (Å²) in [6.45, 7) is 14.3. The molecule has 0 aromatic carbocycles. The van der Waals surface area contributed by atoms with Gasteiger partial charge in [0.25, 0.3) is 0 Å². The van der Waals surface area contributed by atoms with Gasteiger partial charge >= 0.3 is 28.5 Å². The summed E-state index contributed by atoms with van der Waals surface area (Å²) in [7, 11) is 0. The predicted molar refractivity (Wildman–Crippen MR) is 140 cm³/mol. The fourth-order valence-corrected chi connectivity index (χ4v) is 22.9. The summed E-state index contributed by atoms with van der Waals surface area (Å²) in [5.74, 6) is 0.127. The molecule has 0 radical (unpaired) electrons. The van der Waals surface area contributed by atoms with Crippen molar-refractivity contribution < 1.29 is 38.1 Å². The van der Waals surface area contributed by atoms with Crippen LogP contribution in [0.3, 0.4) is 0 Å². The van der Waals surface area contributed by atoms with Crippen LogP contribution in [0.4, 0.5) is 0 Å². The highest BCUT2D eigenvalue weighted by molar-refractivity contribution is 8.99. The Labute approximate surface area is 210 Å². The minimum absolute atomic E-state index is 0.203. The van der Waals surface area contributed by atoms with Crippen LogP contribution in [0.15, 0.2) is 50.6 Å².